The van der Waals surface area contributed by atoms with E-state index in [1.165, 1.54) is 0 Å². The van der Waals surface area contributed by atoms with E-state index >= 15 is 0 Å². The lowest BCUT2D eigenvalue weighted by Crippen LogP contribution is -2.34. The minimum atomic E-state index is -4.36. The van der Waals surface area contributed by atoms with Crippen LogP contribution in [0.2, 0.25) is 0 Å². The molecule has 0 aromatic carbocycles. The highest BCUT2D eigenvalue weighted by Gasteiger charge is 2.27. The quantitative estimate of drug-likeness (QED) is 0.651. The van der Waals surface area contributed by atoms with Crippen LogP contribution in [0.5, 0.6) is 0 Å². The van der Waals surface area contributed by atoms with Crippen LogP contribution < -0.4 is 5.32 Å². The van der Waals surface area contributed by atoms with Crippen molar-refractivity contribution in [1.82, 2.24) is 5.32 Å². The average molecular weight is 243 g/mol. The Morgan fingerprint density at radius 1 is 1.50 bits per heavy atom. The molecule has 4 nitrogen and oxygen atoms in total. The summed E-state index contributed by atoms with van der Waals surface area (Å²) in [5.74, 6) is -0.386. The molecule has 1 unspecified atom stereocenters. The number of carbonyl (C=O) groups is 1. The van der Waals surface area contributed by atoms with Crippen molar-refractivity contribution in [3.05, 3.63) is 0 Å². The first-order valence-electron chi connectivity index (χ1n) is 4.90. The third-order valence-corrected chi connectivity index (χ3v) is 1.71. The molecule has 0 aliphatic carbocycles. The molecular formula is C9H16F3NO3. The van der Waals surface area contributed by atoms with Crippen LogP contribution in [0.15, 0.2) is 0 Å². The second-order valence-corrected chi connectivity index (χ2v) is 3.40. The molecule has 0 aliphatic heterocycles. The Kier molecular flexibility index (Phi) is 7.07. The monoisotopic (exact) mass is 243 g/mol. The molecule has 0 aromatic rings. The minimum absolute atomic E-state index is 0.0496. The molecule has 0 fully saturated rings. The molecule has 96 valence electrons. The maximum absolute atomic E-state index is 11.6. The molecule has 0 bridgehead atoms. The zero-order chi connectivity index (χ0) is 12.6. The van der Waals surface area contributed by atoms with E-state index in [2.05, 4.69) is 10.1 Å². The number of nitrogens with one attached hydrogen (secondary N) is 1. The number of amides is 1. The first-order valence-corrected chi connectivity index (χ1v) is 4.90. The largest absolute Gasteiger partial charge is 0.411 e. The van der Waals surface area contributed by atoms with E-state index in [4.69, 9.17) is 5.11 Å². The average Bonchev–Trinajstić information content (AvgIpc) is 2.11. The van der Waals surface area contributed by atoms with Gasteiger partial charge in [-0.25, -0.2) is 0 Å². The van der Waals surface area contributed by atoms with Gasteiger partial charge in [0.1, 0.15) is 6.61 Å². The molecule has 0 spiro atoms. The van der Waals surface area contributed by atoms with Crippen molar-refractivity contribution in [2.75, 3.05) is 19.8 Å². The molecule has 0 heterocycles. The molecule has 0 radical (unpaired) electrons. The van der Waals surface area contributed by atoms with Gasteiger partial charge in [0.25, 0.3) is 0 Å². The normalized spacial score (nSPS) is 13.6. The third kappa shape index (κ3) is 9.72. The van der Waals surface area contributed by atoms with Crippen LogP contribution in [0.1, 0.15) is 19.8 Å². The van der Waals surface area contributed by atoms with Crippen LogP contribution in [0.4, 0.5) is 13.2 Å². The van der Waals surface area contributed by atoms with Crippen molar-refractivity contribution < 1.29 is 27.8 Å². The van der Waals surface area contributed by atoms with Crippen LogP contribution in [0, 0.1) is 0 Å². The fraction of sp³-hybridized carbons (Fsp3) is 0.889. The van der Waals surface area contributed by atoms with E-state index in [9.17, 15) is 18.0 Å². The second kappa shape index (κ2) is 7.45. The van der Waals surface area contributed by atoms with E-state index in [0.29, 0.717) is 6.42 Å². The fourth-order valence-corrected chi connectivity index (χ4v) is 0.966. The Balaban J connectivity index is 3.51. The Morgan fingerprint density at radius 2 is 2.12 bits per heavy atom. The number of rotatable bonds is 7. The van der Waals surface area contributed by atoms with Gasteiger partial charge in [-0.3, -0.25) is 4.79 Å². The van der Waals surface area contributed by atoms with E-state index < -0.39 is 12.8 Å². The van der Waals surface area contributed by atoms with Crippen LogP contribution in [-0.2, 0) is 9.53 Å². The zero-order valence-electron chi connectivity index (χ0n) is 9.01. The van der Waals surface area contributed by atoms with E-state index in [1.807, 2.05) is 0 Å². The van der Waals surface area contributed by atoms with Crippen molar-refractivity contribution in [3.8, 4) is 0 Å². The van der Waals surface area contributed by atoms with Gasteiger partial charge in [0.15, 0.2) is 0 Å². The Hall–Kier alpha value is -0.820. The summed E-state index contributed by atoms with van der Waals surface area (Å²) in [7, 11) is 0. The van der Waals surface area contributed by atoms with Crippen molar-refractivity contribution in [1.29, 1.82) is 0 Å². The first-order chi connectivity index (χ1) is 7.35. The Bertz CT molecular complexity index is 209. The molecule has 16 heavy (non-hydrogen) atoms. The van der Waals surface area contributed by atoms with Gasteiger partial charge in [0.05, 0.1) is 6.61 Å². The van der Waals surface area contributed by atoms with Crippen LogP contribution in [0.25, 0.3) is 0 Å². The van der Waals surface area contributed by atoms with Gasteiger partial charge in [-0.1, -0.05) is 0 Å². The van der Waals surface area contributed by atoms with E-state index in [0.717, 1.165) is 0 Å². The summed E-state index contributed by atoms with van der Waals surface area (Å²) >= 11 is 0. The molecule has 0 aromatic heterocycles. The smallest absolute Gasteiger partial charge is 0.396 e. The summed E-state index contributed by atoms with van der Waals surface area (Å²) in [4.78, 5) is 11.1. The summed E-state index contributed by atoms with van der Waals surface area (Å²) in [6.07, 6.45) is -4.07. The predicted octanol–water partition coefficient (Wildman–Crippen LogP) is 0.843. The van der Waals surface area contributed by atoms with Crippen molar-refractivity contribution >= 4 is 5.91 Å². The van der Waals surface area contributed by atoms with Gasteiger partial charge in [-0.15, -0.1) is 0 Å². The van der Waals surface area contributed by atoms with Gasteiger partial charge >= 0.3 is 6.18 Å². The number of alkyl halides is 3. The summed E-state index contributed by atoms with van der Waals surface area (Å²) in [6.45, 7) is 0.0420. The molecule has 0 rings (SSSR count). The molecule has 0 saturated carbocycles. The number of carbonyl (C=O) groups excluding carboxylic acids is 1. The van der Waals surface area contributed by atoms with Crippen LogP contribution in [0.3, 0.4) is 0 Å². The fourth-order valence-electron chi connectivity index (χ4n) is 0.966. The van der Waals surface area contributed by atoms with Gasteiger partial charge in [-0.05, 0) is 13.3 Å². The molecule has 0 saturated heterocycles. The number of hydrogen-bond acceptors (Lipinski definition) is 3. The summed E-state index contributed by atoms with van der Waals surface area (Å²) in [5.41, 5.74) is 0. The van der Waals surface area contributed by atoms with Crippen LogP contribution >= 0.6 is 0 Å². The molecule has 0 aliphatic rings. The Morgan fingerprint density at radius 3 is 2.62 bits per heavy atom. The zero-order valence-corrected chi connectivity index (χ0v) is 9.01. The number of aliphatic hydroxyl groups excluding tert-OH is 1. The second-order valence-electron chi connectivity index (χ2n) is 3.40. The SMILES string of the molecule is CC(CCO)NC(=O)CCOCC(F)(F)F. The predicted molar refractivity (Wildman–Crippen MR) is 50.8 cm³/mol. The summed E-state index contributed by atoms with van der Waals surface area (Å²) < 4.78 is 39.2. The Labute approximate surface area is 91.8 Å². The third-order valence-electron chi connectivity index (χ3n) is 1.71. The number of aliphatic hydroxyl groups is 1. The molecule has 7 heteroatoms. The molecule has 1 amide bonds. The molecule has 1 atom stereocenters. The van der Waals surface area contributed by atoms with Gasteiger partial charge in [-0.2, -0.15) is 13.2 Å². The lowest BCUT2D eigenvalue weighted by atomic mass is 10.2. The minimum Gasteiger partial charge on any atom is -0.396 e. The van der Waals surface area contributed by atoms with Crippen molar-refractivity contribution in [3.63, 3.8) is 0 Å². The highest BCUT2D eigenvalue weighted by molar-refractivity contribution is 5.76. The van der Waals surface area contributed by atoms with Crippen LogP contribution in [-0.4, -0.2) is 43.1 Å². The lowest BCUT2D eigenvalue weighted by Gasteiger charge is -2.12. The summed E-state index contributed by atoms with van der Waals surface area (Å²) in [5, 5.41) is 11.1. The van der Waals surface area contributed by atoms with Gasteiger partial charge in [0, 0.05) is 19.1 Å². The van der Waals surface area contributed by atoms with Crippen molar-refractivity contribution in [2.45, 2.75) is 32.0 Å². The molecule has 2 N–H and O–H groups in total. The van der Waals surface area contributed by atoms with E-state index in [1.54, 1.807) is 6.92 Å². The highest BCUT2D eigenvalue weighted by atomic mass is 19.4. The topological polar surface area (TPSA) is 58.6 Å². The van der Waals surface area contributed by atoms with Gasteiger partial charge in [0.2, 0.25) is 5.91 Å². The number of ether oxygens (including phenoxy) is 1. The summed E-state index contributed by atoms with van der Waals surface area (Å²) in [6, 6.07) is -0.194. The number of hydrogen-bond donors (Lipinski definition) is 2. The van der Waals surface area contributed by atoms with Gasteiger partial charge < -0.3 is 15.2 Å². The molecular weight excluding hydrogens is 227 g/mol. The maximum atomic E-state index is 11.6. The maximum Gasteiger partial charge on any atom is 0.411 e. The standard InChI is InChI=1S/C9H16F3NO3/c1-7(2-4-14)13-8(15)3-5-16-6-9(10,11)12/h7,14H,2-6H2,1H3,(H,13,15). The highest BCUT2D eigenvalue weighted by Crippen LogP contribution is 2.14. The van der Waals surface area contributed by atoms with Crippen molar-refractivity contribution in [2.24, 2.45) is 0 Å². The lowest BCUT2D eigenvalue weighted by molar-refractivity contribution is -0.174. The van der Waals surface area contributed by atoms with E-state index in [-0.39, 0.29) is 31.6 Å². The number of halogens is 3. The first kappa shape index (κ1) is 15.2.